The summed E-state index contributed by atoms with van der Waals surface area (Å²) in [6.45, 7) is 13.2. The molecule has 0 saturated heterocycles. The molecule has 6 aliphatic rings. The molecule has 0 radical (unpaired) electrons. The first-order valence-corrected chi connectivity index (χ1v) is 21.4. The lowest BCUT2D eigenvalue weighted by atomic mass is 9.69. The topological polar surface area (TPSA) is 0 Å². The van der Waals surface area contributed by atoms with Crippen molar-refractivity contribution in [2.75, 3.05) is 0 Å². The summed E-state index contributed by atoms with van der Waals surface area (Å²) in [5.74, 6) is 9.19. The van der Waals surface area contributed by atoms with E-state index in [-0.39, 0.29) is 0 Å². The minimum Gasteiger partial charge on any atom is -0.171 e. The molecule has 0 aromatic carbocycles. The van der Waals surface area contributed by atoms with Crippen molar-refractivity contribution >= 4 is 0 Å². The van der Waals surface area contributed by atoms with Crippen LogP contribution in [0.15, 0.2) is 24.8 Å². The highest BCUT2D eigenvalue weighted by molar-refractivity contribution is 4.91. The van der Waals surface area contributed by atoms with Crippen LogP contribution in [-0.2, 0) is 0 Å². The Kier molecular flexibility index (Phi) is 17.0. The molecule has 0 unspecified atom stereocenters. The van der Waals surface area contributed by atoms with Crippen LogP contribution < -0.4 is 0 Å². The molecule has 0 nitrogen and oxygen atoms in total. The van der Waals surface area contributed by atoms with Gasteiger partial charge < -0.3 is 0 Å². The van der Waals surface area contributed by atoms with Gasteiger partial charge in [0.05, 0.1) is 5.92 Å². The van der Waals surface area contributed by atoms with Gasteiger partial charge in [0.15, 0.2) is 0 Å². The maximum atomic E-state index is 12.6. The zero-order valence-electron chi connectivity index (χ0n) is 32.0. The van der Waals surface area contributed by atoms with E-state index in [4.69, 9.17) is 0 Å². The summed E-state index contributed by atoms with van der Waals surface area (Å²) < 4.78 is 37.7. The first-order chi connectivity index (χ1) is 23.0. The lowest BCUT2D eigenvalue weighted by Crippen LogP contribution is -2.31. The average Bonchev–Trinajstić information content (AvgIpc) is 3.10. The van der Waals surface area contributed by atoms with E-state index in [1.54, 1.807) is 0 Å². The molecule has 0 aromatic heterocycles. The minimum atomic E-state index is -3.95. The Labute approximate surface area is 296 Å². The summed E-state index contributed by atoms with van der Waals surface area (Å²) >= 11 is 0. The molecule has 3 heteroatoms. The summed E-state index contributed by atoms with van der Waals surface area (Å²) in [4.78, 5) is 0. The van der Waals surface area contributed by atoms with Crippen LogP contribution in [-0.4, -0.2) is 6.18 Å². The standard InChI is InChI=1S/C16H28.C15H26.C14H23F3/c1-3-4-14-7-11-16(12-8-14)15-9-5-13(2)6-10-15;1-3-13-6-10-15(11-7-13)14-8-4-12(2)5-9-14;1-10-2-4-11(5-3-10)12-6-8-13(9-7-12)14(15,16)17/h3-4,13-16H,5-12H2,1-2H3;3,12-15H,1,4-11H2,2H3;10-13H,2-9H2,1H3/b4-3+;;. The Hall–Kier alpha value is -0.730. The fraction of sp³-hybridized carbons (Fsp3) is 0.911. The van der Waals surface area contributed by atoms with Crippen molar-refractivity contribution in [3.63, 3.8) is 0 Å². The summed E-state index contributed by atoms with van der Waals surface area (Å²) in [6, 6.07) is 0. The van der Waals surface area contributed by atoms with E-state index < -0.39 is 12.1 Å². The molecule has 0 amide bonds. The largest absolute Gasteiger partial charge is 0.391 e. The highest BCUT2D eigenvalue weighted by Gasteiger charge is 2.42. The van der Waals surface area contributed by atoms with E-state index in [0.717, 1.165) is 72.0 Å². The van der Waals surface area contributed by atoms with Gasteiger partial charge in [0.25, 0.3) is 0 Å². The van der Waals surface area contributed by atoms with Crippen LogP contribution in [0.4, 0.5) is 13.2 Å². The van der Waals surface area contributed by atoms with Crippen molar-refractivity contribution in [2.45, 2.75) is 188 Å². The number of hydrogen-bond acceptors (Lipinski definition) is 0. The summed E-state index contributed by atoms with van der Waals surface area (Å²) in [6.07, 6.45) is 34.1. The minimum absolute atomic E-state index is 0.375. The van der Waals surface area contributed by atoms with Crippen LogP contribution in [0.25, 0.3) is 0 Å². The molecule has 0 atom stereocenters. The van der Waals surface area contributed by atoms with Crippen molar-refractivity contribution in [1.82, 2.24) is 0 Å². The summed E-state index contributed by atoms with van der Waals surface area (Å²) in [7, 11) is 0. The quantitative estimate of drug-likeness (QED) is 0.255. The second kappa shape index (κ2) is 20.3. The van der Waals surface area contributed by atoms with Gasteiger partial charge in [-0.05, 0) is 188 Å². The van der Waals surface area contributed by atoms with Crippen molar-refractivity contribution in [1.29, 1.82) is 0 Å². The Morgan fingerprint density at radius 1 is 0.417 bits per heavy atom. The lowest BCUT2D eigenvalue weighted by Gasteiger charge is -2.37. The van der Waals surface area contributed by atoms with Gasteiger partial charge >= 0.3 is 6.18 Å². The van der Waals surface area contributed by atoms with Gasteiger partial charge in [0, 0.05) is 0 Å². The molecule has 6 rings (SSSR count). The molecule has 0 aliphatic heterocycles. The molecule has 0 aromatic rings. The molecule has 6 aliphatic carbocycles. The molecule has 0 bridgehead atoms. The van der Waals surface area contributed by atoms with Crippen molar-refractivity contribution < 1.29 is 13.2 Å². The van der Waals surface area contributed by atoms with E-state index in [1.807, 2.05) is 0 Å². The molecular formula is C45H77F3. The van der Waals surface area contributed by atoms with E-state index >= 15 is 0 Å². The Morgan fingerprint density at radius 2 is 0.688 bits per heavy atom. The van der Waals surface area contributed by atoms with Gasteiger partial charge in [0.2, 0.25) is 0 Å². The van der Waals surface area contributed by atoms with Gasteiger partial charge in [-0.1, -0.05) is 77.5 Å². The lowest BCUT2D eigenvalue weighted by molar-refractivity contribution is -0.185. The molecule has 0 N–H and O–H groups in total. The monoisotopic (exact) mass is 675 g/mol. The van der Waals surface area contributed by atoms with Crippen LogP contribution in [0.3, 0.4) is 0 Å². The average molecular weight is 675 g/mol. The predicted octanol–water partition coefficient (Wildman–Crippen LogP) is 15.2. The van der Waals surface area contributed by atoms with Crippen molar-refractivity contribution in [3.05, 3.63) is 24.8 Å². The number of halogens is 3. The van der Waals surface area contributed by atoms with Gasteiger partial charge in [-0.3, -0.25) is 0 Å². The third-order valence-corrected chi connectivity index (χ3v) is 14.8. The normalized spacial score (nSPS) is 41.3. The Bertz CT molecular complexity index is 872. The highest BCUT2D eigenvalue weighted by atomic mass is 19.4. The number of alkyl halides is 3. The van der Waals surface area contributed by atoms with Gasteiger partial charge in [-0.15, -0.1) is 6.58 Å². The summed E-state index contributed by atoms with van der Waals surface area (Å²) in [5.41, 5.74) is 0. The third kappa shape index (κ3) is 13.1. The zero-order valence-corrected chi connectivity index (χ0v) is 32.0. The fourth-order valence-electron chi connectivity index (χ4n) is 11.1. The number of rotatable bonds is 5. The smallest absolute Gasteiger partial charge is 0.171 e. The van der Waals surface area contributed by atoms with Gasteiger partial charge in [0.1, 0.15) is 0 Å². The van der Waals surface area contributed by atoms with E-state index in [9.17, 15) is 13.2 Å². The molecule has 0 spiro atoms. The zero-order chi connectivity index (χ0) is 34.5. The maximum absolute atomic E-state index is 12.6. The first-order valence-electron chi connectivity index (χ1n) is 21.4. The highest BCUT2D eigenvalue weighted by Crippen LogP contribution is 2.46. The molecule has 278 valence electrons. The third-order valence-electron chi connectivity index (χ3n) is 14.8. The van der Waals surface area contributed by atoms with Gasteiger partial charge in [-0.2, -0.15) is 13.2 Å². The predicted molar refractivity (Wildman–Crippen MR) is 201 cm³/mol. The summed E-state index contributed by atoms with van der Waals surface area (Å²) in [5, 5.41) is 0. The van der Waals surface area contributed by atoms with Crippen LogP contribution >= 0.6 is 0 Å². The Morgan fingerprint density at radius 3 is 0.958 bits per heavy atom. The molecule has 48 heavy (non-hydrogen) atoms. The number of hydrogen-bond donors (Lipinski definition) is 0. The second-order valence-corrected chi connectivity index (χ2v) is 18.3. The van der Waals surface area contributed by atoms with Crippen LogP contribution in [0, 0.1) is 71.0 Å². The van der Waals surface area contributed by atoms with E-state index in [1.165, 1.54) is 128 Å². The van der Waals surface area contributed by atoms with E-state index in [2.05, 4.69) is 52.5 Å². The van der Waals surface area contributed by atoms with Crippen molar-refractivity contribution in [2.24, 2.45) is 71.0 Å². The van der Waals surface area contributed by atoms with Crippen LogP contribution in [0.2, 0.25) is 0 Å². The van der Waals surface area contributed by atoms with Crippen LogP contribution in [0.1, 0.15) is 182 Å². The second-order valence-electron chi connectivity index (χ2n) is 18.3. The Balaban J connectivity index is 0.000000163. The SMILES string of the molecule is C/C=C/C1CCC(C2CCC(C)CC2)CC1.C=CC1CCC(C2CCC(C)CC2)CC1.CC1CCC(C2CCC(C(F)(F)F)CC2)CC1. The maximum Gasteiger partial charge on any atom is 0.391 e. The molecular weight excluding hydrogens is 597 g/mol. The van der Waals surface area contributed by atoms with Crippen LogP contribution in [0.5, 0.6) is 0 Å². The molecule has 6 saturated carbocycles. The fourth-order valence-corrected chi connectivity index (χ4v) is 11.1. The van der Waals surface area contributed by atoms with Crippen molar-refractivity contribution in [3.8, 4) is 0 Å². The van der Waals surface area contributed by atoms with E-state index in [0.29, 0.717) is 18.8 Å². The molecule has 0 heterocycles. The molecule has 6 fully saturated rings. The first kappa shape index (κ1) is 40.0. The number of allylic oxidation sites excluding steroid dienone is 3. The van der Waals surface area contributed by atoms with Gasteiger partial charge in [-0.25, -0.2) is 0 Å².